The first-order valence-electron chi connectivity index (χ1n) is 10.6. The van der Waals surface area contributed by atoms with E-state index in [1.807, 2.05) is 45.0 Å². The van der Waals surface area contributed by atoms with E-state index in [0.717, 1.165) is 33.3 Å². The van der Waals surface area contributed by atoms with Crippen molar-refractivity contribution in [2.45, 2.75) is 38.1 Å². The lowest BCUT2D eigenvalue weighted by Gasteiger charge is -2.22. The summed E-state index contributed by atoms with van der Waals surface area (Å²) in [4.78, 5) is 14.7. The number of ether oxygens (including phenoxy) is 1. The van der Waals surface area contributed by atoms with Crippen molar-refractivity contribution in [1.82, 2.24) is 0 Å². The zero-order chi connectivity index (χ0) is 23.8. The minimum Gasteiger partial charge on any atom is -0.484 e. The Morgan fingerprint density at radius 1 is 1.06 bits per heavy atom. The van der Waals surface area contributed by atoms with Gasteiger partial charge in [-0.05, 0) is 98.5 Å². The zero-order valence-corrected chi connectivity index (χ0v) is 21.0. The minimum atomic E-state index is -3.73. The summed E-state index contributed by atoms with van der Waals surface area (Å²) in [5.41, 5.74) is 4.63. The topological polar surface area (TPSA) is 75.7 Å². The second-order valence-electron chi connectivity index (χ2n) is 8.25. The third kappa shape index (κ3) is 5.07. The smallest absolute Gasteiger partial charge is 0.265 e. The van der Waals surface area contributed by atoms with Gasteiger partial charge in [-0.25, -0.2) is 8.42 Å². The molecule has 0 radical (unpaired) electrons. The van der Waals surface area contributed by atoms with Crippen molar-refractivity contribution < 1.29 is 17.9 Å². The van der Waals surface area contributed by atoms with Crippen LogP contribution in [-0.2, 0) is 21.2 Å². The first kappa shape index (κ1) is 23.3. The van der Waals surface area contributed by atoms with E-state index >= 15 is 0 Å². The van der Waals surface area contributed by atoms with Gasteiger partial charge < -0.3 is 9.64 Å². The molecule has 0 saturated carbocycles. The largest absolute Gasteiger partial charge is 0.484 e. The highest BCUT2D eigenvalue weighted by molar-refractivity contribution is 9.10. The SMILES string of the molecule is Cc1ccc(NS(=O)(=O)c2ccc(OCC(=O)N3c4ccc(Br)cc4C[C@@H]3C)cc2)cc1C. The van der Waals surface area contributed by atoms with E-state index in [2.05, 4.69) is 20.7 Å². The number of carbonyl (C=O) groups is 1. The Morgan fingerprint density at radius 3 is 2.48 bits per heavy atom. The van der Waals surface area contributed by atoms with Crippen LogP contribution in [0.25, 0.3) is 0 Å². The molecule has 33 heavy (non-hydrogen) atoms. The van der Waals surface area contributed by atoms with Gasteiger partial charge in [-0.1, -0.05) is 22.0 Å². The molecule has 1 N–H and O–H groups in total. The summed E-state index contributed by atoms with van der Waals surface area (Å²) in [7, 11) is -3.73. The molecule has 0 fully saturated rings. The van der Waals surface area contributed by atoms with Gasteiger partial charge >= 0.3 is 0 Å². The van der Waals surface area contributed by atoms with Crippen LogP contribution >= 0.6 is 15.9 Å². The van der Waals surface area contributed by atoms with Gasteiger partial charge in [0.1, 0.15) is 5.75 Å². The molecule has 6 nitrogen and oxygen atoms in total. The van der Waals surface area contributed by atoms with Crippen LogP contribution in [0.5, 0.6) is 5.75 Å². The van der Waals surface area contributed by atoms with Crippen molar-refractivity contribution in [3.05, 3.63) is 81.8 Å². The van der Waals surface area contributed by atoms with Crippen LogP contribution in [0.3, 0.4) is 0 Å². The van der Waals surface area contributed by atoms with Crippen molar-refractivity contribution in [3.63, 3.8) is 0 Å². The molecule has 1 aliphatic rings. The van der Waals surface area contributed by atoms with Gasteiger partial charge in [-0.3, -0.25) is 9.52 Å². The molecule has 0 spiro atoms. The maximum Gasteiger partial charge on any atom is 0.265 e. The van der Waals surface area contributed by atoms with E-state index in [1.54, 1.807) is 29.2 Å². The standard InChI is InChI=1S/C25H25BrN2O4S/c1-16-4-6-21(12-17(16)2)27-33(30,31)23-9-7-22(8-10-23)32-15-25(29)28-18(3)13-19-14-20(26)5-11-24(19)28/h4-12,14,18,27H,13,15H2,1-3H3/t18-/m0/s1. The summed E-state index contributed by atoms with van der Waals surface area (Å²) < 4.78 is 34.7. The first-order valence-corrected chi connectivity index (χ1v) is 12.8. The Balaban J connectivity index is 1.41. The fourth-order valence-electron chi connectivity index (χ4n) is 3.93. The molecule has 3 aromatic rings. The number of anilines is 2. The molecule has 0 aliphatic carbocycles. The first-order chi connectivity index (χ1) is 15.6. The van der Waals surface area contributed by atoms with E-state index in [0.29, 0.717) is 11.4 Å². The Hall–Kier alpha value is -2.84. The fourth-order valence-corrected chi connectivity index (χ4v) is 5.39. The second kappa shape index (κ2) is 9.19. The molecule has 0 aromatic heterocycles. The number of rotatable bonds is 6. The van der Waals surface area contributed by atoms with Crippen LogP contribution in [0.2, 0.25) is 0 Å². The normalized spacial score (nSPS) is 15.3. The Morgan fingerprint density at radius 2 is 1.79 bits per heavy atom. The predicted molar refractivity (Wildman–Crippen MR) is 133 cm³/mol. The number of aryl methyl sites for hydroxylation is 2. The van der Waals surface area contributed by atoms with Gasteiger partial charge in [0.15, 0.2) is 6.61 Å². The number of nitrogens with zero attached hydrogens (tertiary/aromatic N) is 1. The number of nitrogens with one attached hydrogen (secondary N) is 1. The number of halogens is 1. The van der Waals surface area contributed by atoms with Crippen molar-refractivity contribution in [2.24, 2.45) is 0 Å². The van der Waals surface area contributed by atoms with Crippen LogP contribution in [0.1, 0.15) is 23.6 Å². The number of sulfonamides is 1. The monoisotopic (exact) mass is 528 g/mol. The van der Waals surface area contributed by atoms with Gasteiger partial charge in [-0.15, -0.1) is 0 Å². The van der Waals surface area contributed by atoms with E-state index in [1.165, 1.54) is 12.1 Å². The Kier molecular flexibility index (Phi) is 6.50. The number of hydrogen-bond donors (Lipinski definition) is 1. The highest BCUT2D eigenvalue weighted by atomic mass is 79.9. The molecular formula is C25H25BrN2O4S. The number of carbonyl (C=O) groups excluding carboxylic acids is 1. The minimum absolute atomic E-state index is 0.0504. The maximum absolute atomic E-state index is 12.8. The predicted octanol–water partition coefficient (Wildman–Crippen LogP) is 5.22. The molecule has 4 rings (SSSR count). The van der Waals surface area contributed by atoms with Gasteiger partial charge in [0.05, 0.1) is 4.90 Å². The average molecular weight is 529 g/mol. The molecule has 0 bridgehead atoms. The summed E-state index contributed by atoms with van der Waals surface area (Å²) in [5.74, 6) is 0.285. The Bertz CT molecular complexity index is 1310. The summed E-state index contributed by atoms with van der Waals surface area (Å²) in [6, 6.07) is 17.4. The zero-order valence-electron chi connectivity index (χ0n) is 18.6. The quantitative estimate of drug-likeness (QED) is 0.475. The lowest BCUT2D eigenvalue weighted by Crippen LogP contribution is -2.39. The van der Waals surface area contributed by atoms with Crippen LogP contribution in [-0.4, -0.2) is 27.0 Å². The second-order valence-corrected chi connectivity index (χ2v) is 10.9. The fraction of sp³-hybridized carbons (Fsp3) is 0.240. The van der Waals surface area contributed by atoms with Gasteiger partial charge in [0, 0.05) is 21.9 Å². The molecule has 8 heteroatoms. The lowest BCUT2D eigenvalue weighted by atomic mass is 10.1. The van der Waals surface area contributed by atoms with Crippen molar-refractivity contribution in [2.75, 3.05) is 16.2 Å². The van der Waals surface area contributed by atoms with Gasteiger partial charge in [0.2, 0.25) is 0 Å². The molecule has 1 aliphatic heterocycles. The highest BCUT2D eigenvalue weighted by Crippen LogP contribution is 2.34. The Labute approximate surface area is 202 Å². The van der Waals surface area contributed by atoms with Crippen LogP contribution in [0.4, 0.5) is 11.4 Å². The van der Waals surface area contributed by atoms with Gasteiger partial charge in [-0.2, -0.15) is 0 Å². The van der Waals surface area contributed by atoms with E-state index < -0.39 is 10.0 Å². The van der Waals surface area contributed by atoms with Crippen LogP contribution in [0.15, 0.2) is 70.0 Å². The van der Waals surface area contributed by atoms with E-state index in [-0.39, 0.29) is 23.5 Å². The summed E-state index contributed by atoms with van der Waals surface area (Å²) in [6.07, 6.45) is 0.792. The van der Waals surface area contributed by atoms with Crippen molar-refractivity contribution in [1.29, 1.82) is 0 Å². The maximum atomic E-state index is 12.8. The lowest BCUT2D eigenvalue weighted by molar-refractivity contribution is -0.120. The number of amides is 1. The summed E-state index contributed by atoms with van der Waals surface area (Å²) >= 11 is 3.47. The molecule has 172 valence electrons. The number of fused-ring (bicyclic) bond motifs is 1. The summed E-state index contributed by atoms with van der Waals surface area (Å²) in [6.45, 7) is 5.78. The third-order valence-corrected chi connectivity index (χ3v) is 7.67. The molecule has 1 amide bonds. The average Bonchev–Trinajstić information content (AvgIpc) is 3.09. The highest BCUT2D eigenvalue weighted by Gasteiger charge is 2.31. The van der Waals surface area contributed by atoms with E-state index in [4.69, 9.17) is 4.74 Å². The number of benzene rings is 3. The van der Waals surface area contributed by atoms with Crippen molar-refractivity contribution >= 4 is 43.2 Å². The molecule has 3 aromatic carbocycles. The third-order valence-electron chi connectivity index (χ3n) is 5.78. The molecule has 1 heterocycles. The van der Waals surface area contributed by atoms with Crippen LogP contribution < -0.4 is 14.4 Å². The molecular weight excluding hydrogens is 504 g/mol. The number of hydrogen-bond acceptors (Lipinski definition) is 4. The van der Waals surface area contributed by atoms with E-state index in [9.17, 15) is 13.2 Å². The summed E-state index contributed by atoms with van der Waals surface area (Å²) in [5, 5.41) is 0. The molecule has 0 unspecified atom stereocenters. The molecule has 0 saturated heterocycles. The van der Waals surface area contributed by atoms with Gasteiger partial charge in [0.25, 0.3) is 15.9 Å². The van der Waals surface area contributed by atoms with Crippen molar-refractivity contribution in [3.8, 4) is 5.75 Å². The van der Waals surface area contributed by atoms with Crippen LogP contribution in [0, 0.1) is 13.8 Å². The molecule has 1 atom stereocenters.